The van der Waals surface area contributed by atoms with Crippen LogP contribution in [0.4, 0.5) is 0 Å². The van der Waals surface area contributed by atoms with Crippen LogP contribution in [0.1, 0.15) is 36.5 Å². The van der Waals surface area contributed by atoms with Gasteiger partial charge in [0.15, 0.2) is 0 Å². The zero-order valence-electron chi connectivity index (χ0n) is 11.1. The van der Waals surface area contributed by atoms with E-state index in [-0.39, 0.29) is 12.1 Å². The van der Waals surface area contributed by atoms with E-state index in [2.05, 4.69) is 39.0 Å². The predicted octanol–water partition coefficient (Wildman–Crippen LogP) is 2.74. The van der Waals surface area contributed by atoms with Gasteiger partial charge in [-0.25, -0.2) is 0 Å². The second-order valence-electron chi connectivity index (χ2n) is 5.43. The zero-order chi connectivity index (χ0) is 12.4. The van der Waals surface area contributed by atoms with Gasteiger partial charge >= 0.3 is 0 Å². The Morgan fingerprint density at radius 2 is 1.88 bits per heavy atom. The quantitative estimate of drug-likeness (QED) is 0.871. The Morgan fingerprint density at radius 1 is 1.24 bits per heavy atom. The van der Waals surface area contributed by atoms with E-state index in [9.17, 15) is 0 Å². The van der Waals surface area contributed by atoms with Crippen molar-refractivity contribution < 1.29 is 4.74 Å². The van der Waals surface area contributed by atoms with Crippen LogP contribution in [0.3, 0.4) is 0 Å². The van der Waals surface area contributed by atoms with Crippen LogP contribution in [-0.2, 0) is 11.2 Å². The molecule has 1 heterocycles. The molecule has 0 amide bonds. The molecule has 17 heavy (non-hydrogen) atoms. The third-order valence-corrected chi connectivity index (χ3v) is 3.50. The molecule has 1 aromatic carbocycles. The van der Waals surface area contributed by atoms with Gasteiger partial charge in [0, 0.05) is 6.04 Å². The fourth-order valence-corrected chi connectivity index (χ4v) is 2.74. The average molecular weight is 233 g/mol. The lowest BCUT2D eigenvalue weighted by molar-refractivity contribution is 0.0404. The normalized spacial score (nSPS) is 26.1. The van der Waals surface area contributed by atoms with Crippen molar-refractivity contribution in [2.45, 2.75) is 58.3 Å². The zero-order valence-corrected chi connectivity index (χ0v) is 11.1. The molecule has 94 valence electrons. The van der Waals surface area contributed by atoms with Crippen LogP contribution in [0, 0.1) is 13.8 Å². The Morgan fingerprint density at radius 3 is 2.41 bits per heavy atom. The number of benzene rings is 1. The Balaban J connectivity index is 2.00. The summed E-state index contributed by atoms with van der Waals surface area (Å²) in [7, 11) is 0. The maximum Gasteiger partial charge on any atom is 0.0733 e. The second kappa shape index (κ2) is 5.19. The molecule has 2 nitrogen and oxygen atoms in total. The molecule has 0 aromatic heterocycles. The minimum Gasteiger partial charge on any atom is -0.374 e. The number of ether oxygens (including phenoxy) is 1. The van der Waals surface area contributed by atoms with Gasteiger partial charge in [-0.1, -0.05) is 29.3 Å². The molecule has 1 aromatic rings. The van der Waals surface area contributed by atoms with Crippen molar-refractivity contribution in [2.24, 2.45) is 5.73 Å². The van der Waals surface area contributed by atoms with Crippen molar-refractivity contribution >= 4 is 0 Å². The van der Waals surface area contributed by atoms with Crippen LogP contribution in [0.2, 0.25) is 0 Å². The lowest BCUT2D eigenvalue weighted by Gasteiger charge is -2.20. The van der Waals surface area contributed by atoms with Crippen molar-refractivity contribution in [1.29, 1.82) is 0 Å². The number of hydrogen-bond donors (Lipinski definition) is 1. The van der Waals surface area contributed by atoms with Crippen molar-refractivity contribution in [3.05, 3.63) is 34.9 Å². The number of hydrogen-bond acceptors (Lipinski definition) is 2. The second-order valence-corrected chi connectivity index (χ2v) is 5.43. The van der Waals surface area contributed by atoms with E-state index >= 15 is 0 Å². The molecular weight excluding hydrogens is 210 g/mol. The van der Waals surface area contributed by atoms with Crippen LogP contribution in [0.25, 0.3) is 0 Å². The van der Waals surface area contributed by atoms with E-state index in [1.807, 2.05) is 0 Å². The Hall–Kier alpha value is -0.860. The van der Waals surface area contributed by atoms with E-state index < -0.39 is 0 Å². The van der Waals surface area contributed by atoms with Gasteiger partial charge in [0.05, 0.1) is 12.2 Å². The van der Waals surface area contributed by atoms with E-state index in [1.165, 1.54) is 16.7 Å². The molecule has 1 aliphatic heterocycles. The molecule has 1 fully saturated rings. The maximum atomic E-state index is 6.25. The molecule has 2 N–H and O–H groups in total. The summed E-state index contributed by atoms with van der Waals surface area (Å²) < 4.78 is 5.83. The van der Waals surface area contributed by atoms with E-state index in [0.717, 1.165) is 19.3 Å². The minimum atomic E-state index is 0.126. The first-order valence-corrected chi connectivity index (χ1v) is 6.53. The third kappa shape index (κ3) is 3.30. The molecule has 0 spiro atoms. The molecule has 2 heteroatoms. The fourth-order valence-electron chi connectivity index (χ4n) is 2.74. The van der Waals surface area contributed by atoms with Gasteiger partial charge in [-0.3, -0.25) is 0 Å². The first-order chi connectivity index (χ1) is 8.04. The molecule has 3 unspecified atom stereocenters. The van der Waals surface area contributed by atoms with Crippen molar-refractivity contribution in [3.63, 3.8) is 0 Å². The summed E-state index contributed by atoms with van der Waals surface area (Å²) in [6.07, 6.45) is 3.79. The lowest BCUT2D eigenvalue weighted by atomic mass is 9.97. The van der Waals surface area contributed by atoms with Crippen LogP contribution < -0.4 is 5.73 Å². The molecule has 1 aliphatic rings. The Bertz CT molecular complexity index is 368. The summed E-state index contributed by atoms with van der Waals surface area (Å²) >= 11 is 0. The molecule has 1 saturated heterocycles. The van der Waals surface area contributed by atoms with Crippen LogP contribution in [-0.4, -0.2) is 18.2 Å². The fraction of sp³-hybridized carbons (Fsp3) is 0.600. The van der Waals surface area contributed by atoms with Gasteiger partial charge in [0.2, 0.25) is 0 Å². The summed E-state index contributed by atoms with van der Waals surface area (Å²) in [5.74, 6) is 0. The molecule has 0 saturated carbocycles. The predicted molar refractivity (Wildman–Crippen MR) is 71.2 cm³/mol. The molecule has 0 aliphatic carbocycles. The summed E-state index contributed by atoms with van der Waals surface area (Å²) in [4.78, 5) is 0. The van der Waals surface area contributed by atoms with Crippen molar-refractivity contribution in [1.82, 2.24) is 0 Å². The van der Waals surface area contributed by atoms with Gasteiger partial charge < -0.3 is 10.5 Å². The van der Waals surface area contributed by atoms with Crippen molar-refractivity contribution in [3.8, 4) is 0 Å². The summed E-state index contributed by atoms with van der Waals surface area (Å²) in [5.41, 5.74) is 10.2. The number of nitrogens with two attached hydrogens (primary N) is 1. The minimum absolute atomic E-state index is 0.126. The first kappa shape index (κ1) is 12.6. The summed E-state index contributed by atoms with van der Waals surface area (Å²) in [5, 5.41) is 0. The van der Waals surface area contributed by atoms with Gasteiger partial charge in [0.1, 0.15) is 0 Å². The Kier molecular flexibility index (Phi) is 3.85. The van der Waals surface area contributed by atoms with Crippen LogP contribution in [0.5, 0.6) is 0 Å². The van der Waals surface area contributed by atoms with Gasteiger partial charge in [-0.05, 0) is 45.6 Å². The Labute approximate surface area is 104 Å². The molecular formula is C15H23NO. The SMILES string of the molecule is Cc1cc(C)cc(CC(N)C2CCC(C)O2)c1. The molecule has 2 rings (SSSR count). The summed E-state index contributed by atoms with van der Waals surface area (Å²) in [6, 6.07) is 6.78. The van der Waals surface area contributed by atoms with Gasteiger partial charge in [0.25, 0.3) is 0 Å². The topological polar surface area (TPSA) is 35.2 Å². The molecule has 0 radical (unpaired) electrons. The van der Waals surface area contributed by atoms with Crippen LogP contribution >= 0.6 is 0 Å². The highest BCUT2D eigenvalue weighted by Gasteiger charge is 2.27. The monoisotopic (exact) mass is 233 g/mol. The van der Waals surface area contributed by atoms with Gasteiger partial charge in [-0.2, -0.15) is 0 Å². The maximum absolute atomic E-state index is 6.25. The lowest BCUT2D eigenvalue weighted by Crippen LogP contribution is -2.36. The highest BCUT2D eigenvalue weighted by Crippen LogP contribution is 2.23. The highest BCUT2D eigenvalue weighted by atomic mass is 16.5. The largest absolute Gasteiger partial charge is 0.374 e. The van der Waals surface area contributed by atoms with Gasteiger partial charge in [-0.15, -0.1) is 0 Å². The standard InChI is InChI=1S/C15H23NO/c1-10-6-11(2)8-13(7-10)9-14(16)15-5-4-12(3)17-15/h6-8,12,14-15H,4-5,9,16H2,1-3H3. The average Bonchev–Trinajstić information content (AvgIpc) is 2.63. The van der Waals surface area contributed by atoms with Crippen molar-refractivity contribution in [2.75, 3.05) is 0 Å². The number of rotatable bonds is 3. The van der Waals surface area contributed by atoms with E-state index in [4.69, 9.17) is 10.5 Å². The summed E-state index contributed by atoms with van der Waals surface area (Å²) in [6.45, 7) is 6.40. The van der Waals surface area contributed by atoms with E-state index in [0.29, 0.717) is 6.10 Å². The third-order valence-electron chi connectivity index (χ3n) is 3.50. The smallest absolute Gasteiger partial charge is 0.0733 e. The molecule has 3 atom stereocenters. The molecule has 0 bridgehead atoms. The van der Waals surface area contributed by atoms with E-state index in [1.54, 1.807) is 0 Å². The highest BCUT2D eigenvalue weighted by molar-refractivity contribution is 5.29. The first-order valence-electron chi connectivity index (χ1n) is 6.53. The van der Waals surface area contributed by atoms with Crippen LogP contribution in [0.15, 0.2) is 18.2 Å². The number of aryl methyl sites for hydroxylation is 2.